The Balaban J connectivity index is 1.78. The number of benzene rings is 2. The van der Waals surface area contributed by atoms with Gasteiger partial charge in [-0.1, -0.05) is 60.1 Å². The van der Waals surface area contributed by atoms with Gasteiger partial charge in [0.2, 0.25) is 0 Å². The molecule has 0 saturated heterocycles. The van der Waals surface area contributed by atoms with E-state index in [0.29, 0.717) is 11.4 Å². The second-order valence-corrected chi connectivity index (χ2v) is 5.61. The topological polar surface area (TPSA) is 67.2 Å². The lowest BCUT2D eigenvalue weighted by molar-refractivity contribution is 0.191. The summed E-state index contributed by atoms with van der Waals surface area (Å²) in [5.74, 6) is 0. The van der Waals surface area contributed by atoms with Gasteiger partial charge < -0.3 is 10.4 Å². The summed E-state index contributed by atoms with van der Waals surface area (Å²) in [7, 11) is 0. The quantitative estimate of drug-likeness (QED) is 0.748. The lowest BCUT2D eigenvalue weighted by atomic mass is 10.1. The molecule has 3 aromatic rings. The van der Waals surface area contributed by atoms with Crippen molar-refractivity contribution < 1.29 is 5.11 Å². The van der Waals surface area contributed by atoms with Crippen LogP contribution in [0.5, 0.6) is 0 Å². The first-order valence-electron chi connectivity index (χ1n) is 7.47. The van der Waals surface area contributed by atoms with Crippen molar-refractivity contribution in [3.63, 3.8) is 0 Å². The summed E-state index contributed by atoms with van der Waals surface area (Å²) in [5.41, 5.74) is 1.40. The minimum absolute atomic E-state index is 0.0362. The molecule has 0 aliphatic heterocycles. The Kier molecular flexibility index (Phi) is 4.93. The van der Waals surface area contributed by atoms with Crippen molar-refractivity contribution in [1.82, 2.24) is 9.78 Å². The van der Waals surface area contributed by atoms with Crippen molar-refractivity contribution in [2.24, 2.45) is 0 Å². The number of hydrogen-bond acceptors (Lipinski definition) is 4. The molecule has 0 aliphatic rings. The molecule has 0 saturated carbocycles. The Morgan fingerprint density at radius 3 is 2.38 bits per heavy atom. The monoisotopic (exact) mass is 341 g/mol. The van der Waals surface area contributed by atoms with Crippen LogP contribution in [0.1, 0.15) is 11.7 Å². The summed E-state index contributed by atoms with van der Waals surface area (Å²) in [6.07, 6.45) is 0.771. The standard InChI is InChI=1S/C18H16ClN3O2/c19-17-15(20-12-16(23)13-7-3-1-4-8-13)11-21-22(18(17)24)14-9-5-2-6-10-14/h1-11,16,20,23H,12H2/t16-/m0/s1. The maximum atomic E-state index is 12.4. The maximum absolute atomic E-state index is 12.4. The van der Waals surface area contributed by atoms with Crippen LogP contribution >= 0.6 is 11.6 Å². The zero-order chi connectivity index (χ0) is 16.9. The third-order valence-corrected chi connectivity index (χ3v) is 3.96. The first kappa shape index (κ1) is 16.2. The highest BCUT2D eigenvalue weighted by molar-refractivity contribution is 6.32. The summed E-state index contributed by atoms with van der Waals surface area (Å²) < 4.78 is 1.24. The molecular weight excluding hydrogens is 326 g/mol. The van der Waals surface area contributed by atoms with E-state index in [9.17, 15) is 9.90 Å². The van der Waals surface area contributed by atoms with Gasteiger partial charge in [0.15, 0.2) is 0 Å². The van der Waals surface area contributed by atoms with Crippen LogP contribution in [-0.2, 0) is 0 Å². The van der Waals surface area contributed by atoms with Crippen LogP contribution in [0.15, 0.2) is 71.7 Å². The average molecular weight is 342 g/mol. The Bertz CT molecular complexity index is 866. The maximum Gasteiger partial charge on any atom is 0.292 e. The van der Waals surface area contributed by atoms with Crippen LogP contribution in [-0.4, -0.2) is 21.4 Å². The SMILES string of the molecule is O=c1c(Cl)c(NC[C@H](O)c2ccccc2)cnn1-c1ccccc1. The van der Waals surface area contributed by atoms with E-state index in [4.69, 9.17) is 11.6 Å². The van der Waals surface area contributed by atoms with Gasteiger partial charge in [0.25, 0.3) is 5.56 Å². The molecule has 1 heterocycles. The summed E-state index contributed by atoms with van der Waals surface area (Å²) >= 11 is 6.16. The molecule has 0 unspecified atom stereocenters. The van der Waals surface area contributed by atoms with Crippen LogP contribution in [0, 0.1) is 0 Å². The van der Waals surface area contributed by atoms with Crippen LogP contribution < -0.4 is 10.9 Å². The number of hydrogen-bond donors (Lipinski definition) is 2. The van der Waals surface area contributed by atoms with Gasteiger partial charge in [-0.25, -0.2) is 0 Å². The molecule has 6 heteroatoms. The second kappa shape index (κ2) is 7.29. The number of aliphatic hydroxyl groups excluding tert-OH is 1. The lowest BCUT2D eigenvalue weighted by Gasteiger charge is -2.14. The Labute approximate surface area is 144 Å². The zero-order valence-corrected chi connectivity index (χ0v) is 13.5. The molecule has 0 aliphatic carbocycles. The van der Waals surface area contributed by atoms with Crippen LogP contribution in [0.25, 0.3) is 5.69 Å². The summed E-state index contributed by atoms with van der Waals surface area (Å²) in [6.45, 7) is 0.222. The molecule has 5 nitrogen and oxygen atoms in total. The number of anilines is 1. The van der Waals surface area contributed by atoms with E-state index < -0.39 is 11.7 Å². The molecule has 1 atom stereocenters. The fraction of sp³-hybridized carbons (Fsp3) is 0.111. The first-order valence-corrected chi connectivity index (χ1v) is 7.85. The largest absolute Gasteiger partial charge is 0.387 e. The van der Waals surface area contributed by atoms with Gasteiger partial charge in [0.05, 0.1) is 23.7 Å². The van der Waals surface area contributed by atoms with Gasteiger partial charge in [0.1, 0.15) is 5.02 Å². The van der Waals surface area contributed by atoms with Gasteiger partial charge in [-0.3, -0.25) is 4.79 Å². The fourth-order valence-electron chi connectivity index (χ4n) is 2.31. The Morgan fingerprint density at radius 2 is 1.71 bits per heavy atom. The highest BCUT2D eigenvalue weighted by Crippen LogP contribution is 2.19. The fourth-order valence-corrected chi connectivity index (χ4v) is 2.50. The first-order chi connectivity index (χ1) is 11.7. The number of aliphatic hydroxyl groups is 1. The number of rotatable bonds is 5. The van der Waals surface area contributed by atoms with Crippen molar-refractivity contribution in [3.05, 3.63) is 87.8 Å². The van der Waals surface area contributed by atoms with Crippen molar-refractivity contribution in [3.8, 4) is 5.69 Å². The summed E-state index contributed by atoms with van der Waals surface area (Å²) in [4.78, 5) is 12.4. The molecule has 0 fully saturated rings. The molecule has 122 valence electrons. The molecule has 0 bridgehead atoms. The third-order valence-electron chi connectivity index (χ3n) is 3.59. The average Bonchev–Trinajstić information content (AvgIpc) is 2.64. The molecule has 0 spiro atoms. The smallest absolute Gasteiger partial charge is 0.292 e. The molecule has 3 rings (SSSR count). The lowest BCUT2D eigenvalue weighted by Crippen LogP contribution is -2.23. The minimum atomic E-state index is -0.709. The van der Waals surface area contributed by atoms with Gasteiger partial charge in [-0.05, 0) is 17.7 Å². The number of para-hydroxylation sites is 1. The predicted octanol–water partition coefficient (Wildman–Crippen LogP) is 3.03. The normalized spacial score (nSPS) is 11.9. The van der Waals surface area contributed by atoms with Crippen LogP contribution in [0.3, 0.4) is 0 Å². The Hall–Kier alpha value is -2.63. The van der Waals surface area contributed by atoms with E-state index in [1.807, 2.05) is 48.5 Å². The highest BCUT2D eigenvalue weighted by Gasteiger charge is 2.12. The van der Waals surface area contributed by atoms with Gasteiger partial charge in [-0.15, -0.1) is 0 Å². The van der Waals surface area contributed by atoms with Crippen molar-refractivity contribution in [1.29, 1.82) is 0 Å². The van der Waals surface area contributed by atoms with Gasteiger partial charge in [-0.2, -0.15) is 9.78 Å². The van der Waals surface area contributed by atoms with Gasteiger partial charge >= 0.3 is 0 Å². The predicted molar refractivity (Wildman–Crippen MR) is 94.7 cm³/mol. The van der Waals surface area contributed by atoms with Crippen LogP contribution in [0.4, 0.5) is 5.69 Å². The molecule has 2 aromatic carbocycles. The minimum Gasteiger partial charge on any atom is -0.387 e. The number of nitrogens with zero attached hydrogens (tertiary/aromatic N) is 2. The molecule has 0 radical (unpaired) electrons. The number of nitrogens with one attached hydrogen (secondary N) is 1. The Morgan fingerprint density at radius 1 is 1.08 bits per heavy atom. The summed E-state index contributed by atoms with van der Waals surface area (Å²) in [5, 5.41) is 17.3. The zero-order valence-electron chi connectivity index (χ0n) is 12.8. The number of aromatic nitrogens is 2. The second-order valence-electron chi connectivity index (χ2n) is 5.23. The highest BCUT2D eigenvalue weighted by atomic mass is 35.5. The van der Waals surface area contributed by atoms with E-state index in [-0.39, 0.29) is 11.6 Å². The van der Waals surface area contributed by atoms with E-state index in [1.54, 1.807) is 12.1 Å². The molecule has 0 amide bonds. The molecule has 24 heavy (non-hydrogen) atoms. The van der Waals surface area contributed by atoms with Crippen molar-refractivity contribution in [2.75, 3.05) is 11.9 Å². The van der Waals surface area contributed by atoms with E-state index >= 15 is 0 Å². The van der Waals surface area contributed by atoms with E-state index in [2.05, 4.69) is 10.4 Å². The van der Waals surface area contributed by atoms with Crippen LogP contribution in [0.2, 0.25) is 5.02 Å². The van der Waals surface area contributed by atoms with Crippen molar-refractivity contribution in [2.45, 2.75) is 6.10 Å². The molecule has 2 N–H and O–H groups in total. The molecule has 1 aromatic heterocycles. The summed E-state index contributed by atoms with van der Waals surface area (Å²) in [6, 6.07) is 18.3. The van der Waals surface area contributed by atoms with E-state index in [1.165, 1.54) is 10.9 Å². The van der Waals surface area contributed by atoms with Gasteiger partial charge in [0, 0.05) is 6.54 Å². The van der Waals surface area contributed by atoms with Crippen molar-refractivity contribution >= 4 is 17.3 Å². The third kappa shape index (κ3) is 3.48. The number of halogens is 1. The molecular formula is C18H16ClN3O2. The van der Waals surface area contributed by atoms with E-state index in [0.717, 1.165) is 5.56 Å².